The Morgan fingerprint density at radius 3 is 2.59 bits per heavy atom. The number of hydrogen-bond donors (Lipinski definition) is 4. The third kappa shape index (κ3) is 9.17. The van der Waals surface area contributed by atoms with E-state index in [-0.39, 0.29) is 24.8 Å². The molecule has 1 aliphatic rings. The molecule has 1 atom stereocenters. The number of hydrogen-bond acceptors (Lipinski definition) is 8. The predicted molar refractivity (Wildman–Crippen MR) is 137 cm³/mol. The summed E-state index contributed by atoms with van der Waals surface area (Å²) in [6, 6.07) is 1.89. The summed E-state index contributed by atoms with van der Waals surface area (Å²) in [6.45, 7) is 11.7. The van der Waals surface area contributed by atoms with Gasteiger partial charge in [0, 0.05) is 42.9 Å². The number of fused-ring (bicyclic) bond motifs is 1. The maximum absolute atomic E-state index is 13.1. The average Bonchev–Trinajstić information content (AvgIpc) is 3.03. The van der Waals surface area contributed by atoms with Gasteiger partial charge in [-0.15, -0.1) is 11.3 Å². The molecule has 0 radical (unpaired) electrons. The van der Waals surface area contributed by atoms with Crippen molar-refractivity contribution < 1.29 is 19.4 Å². The molecule has 1 aromatic heterocycles. The van der Waals surface area contributed by atoms with Gasteiger partial charge in [-0.1, -0.05) is 13.8 Å². The van der Waals surface area contributed by atoms with Crippen molar-refractivity contribution in [1.82, 2.24) is 15.5 Å². The van der Waals surface area contributed by atoms with E-state index in [1.807, 2.05) is 37.8 Å². The van der Waals surface area contributed by atoms with E-state index in [4.69, 9.17) is 10.5 Å². The molecule has 0 saturated carbocycles. The summed E-state index contributed by atoms with van der Waals surface area (Å²) in [4.78, 5) is 33.4. The molecule has 0 aromatic carbocycles. The zero-order valence-corrected chi connectivity index (χ0v) is 21.8. The van der Waals surface area contributed by atoms with E-state index in [2.05, 4.69) is 29.5 Å². The first-order valence-corrected chi connectivity index (χ1v) is 12.7. The minimum absolute atomic E-state index is 0.00285. The average molecular weight is 494 g/mol. The highest BCUT2D eigenvalue weighted by Crippen LogP contribution is 2.34. The van der Waals surface area contributed by atoms with Crippen LogP contribution in [0.25, 0.3) is 6.08 Å². The molecule has 1 unspecified atom stereocenters. The van der Waals surface area contributed by atoms with Gasteiger partial charge in [-0.2, -0.15) is 0 Å². The Bertz CT molecular complexity index is 898. The predicted octanol–water partition coefficient (Wildman–Crippen LogP) is 2.86. The Morgan fingerprint density at radius 1 is 1.29 bits per heavy atom. The quantitative estimate of drug-likeness (QED) is 0.331. The molecule has 34 heavy (non-hydrogen) atoms. The van der Waals surface area contributed by atoms with Crippen molar-refractivity contribution in [1.29, 1.82) is 0 Å². The summed E-state index contributed by atoms with van der Waals surface area (Å²) in [5, 5.41) is 15.4. The van der Waals surface area contributed by atoms with Gasteiger partial charge in [-0.3, -0.25) is 14.9 Å². The SMILES string of the molecule is CCCN(CCC)C(=O)C1=Cc2sc(CNC(=O)CCNC(O)OC(C)(C)C)cc2N=C(N)C1. The van der Waals surface area contributed by atoms with E-state index in [1.54, 1.807) is 0 Å². The molecule has 0 bridgehead atoms. The van der Waals surface area contributed by atoms with Crippen LogP contribution in [0.5, 0.6) is 0 Å². The van der Waals surface area contributed by atoms with Gasteiger partial charge in [-0.05, 0) is 45.8 Å². The summed E-state index contributed by atoms with van der Waals surface area (Å²) in [7, 11) is 0. The summed E-state index contributed by atoms with van der Waals surface area (Å²) in [6.07, 6.45) is 3.08. The summed E-state index contributed by atoms with van der Waals surface area (Å²) in [5.74, 6) is 0.258. The fraction of sp³-hybridized carbons (Fsp3) is 0.625. The van der Waals surface area contributed by atoms with Crippen LogP contribution in [0.4, 0.5) is 5.69 Å². The lowest BCUT2D eigenvalue weighted by Crippen LogP contribution is -2.39. The molecule has 1 aliphatic heterocycles. The smallest absolute Gasteiger partial charge is 0.250 e. The molecule has 2 heterocycles. The number of aliphatic hydroxyl groups is 1. The Kier molecular flexibility index (Phi) is 10.7. The molecular formula is C24H39N5O4S. The molecule has 10 heteroatoms. The molecule has 2 amide bonds. The molecular weight excluding hydrogens is 454 g/mol. The number of ether oxygens (including phenoxy) is 1. The summed E-state index contributed by atoms with van der Waals surface area (Å²) >= 11 is 1.49. The lowest BCUT2D eigenvalue weighted by Gasteiger charge is -2.24. The maximum atomic E-state index is 13.1. The van der Waals surface area contributed by atoms with Gasteiger partial charge < -0.3 is 25.8 Å². The van der Waals surface area contributed by atoms with Gasteiger partial charge in [0.25, 0.3) is 0 Å². The van der Waals surface area contributed by atoms with Crippen LogP contribution in [0.2, 0.25) is 0 Å². The maximum Gasteiger partial charge on any atom is 0.250 e. The van der Waals surface area contributed by atoms with E-state index >= 15 is 0 Å². The van der Waals surface area contributed by atoms with E-state index in [1.165, 1.54) is 11.3 Å². The Balaban J connectivity index is 1.97. The lowest BCUT2D eigenvalue weighted by molar-refractivity contribution is -0.181. The van der Waals surface area contributed by atoms with Crippen LogP contribution in [0.3, 0.4) is 0 Å². The highest BCUT2D eigenvalue weighted by molar-refractivity contribution is 7.13. The van der Waals surface area contributed by atoms with Gasteiger partial charge in [-0.25, -0.2) is 4.99 Å². The van der Waals surface area contributed by atoms with Crippen LogP contribution in [-0.2, 0) is 20.9 Å². The lowest BCUT2D eigenvalue weighted by atomic mass is 10.1. The van der Waals surface area contributed by atoms with Crippen LogP contribution in [0.1, 0.15) is 70.1 Å². The van der Waals surface area contributed by atoms with Gasteiger partial charge in [0.2, 0.25) is 18.2 Å². The summed E-state index contributed by atoms with van der Waals surface area (Å²) in [5.41, 5.74) is 6.98. The minimum atomic E-state index is -1.13. The highest BCUT2D eigenvalue weighted by atomic mass is 32.1. The first-order valence-electron chi connectivity index (χ1n) is 11.8. The van der Waals surface area contributed by atoms with Crippen molar-refractivity contribution >= 4 is 40.8 Å². The second-order valence-electron chi connectivity index (χ2n) is 9.27. The van der Waals surface area contributed by atoms with E-state index in [9.17, 15) is 14.7 Å². The summed E-state index contributed by atoms with van der Waals surface area (Å²) < 4.78 is 5.34. The largest absolute Gasteiger partial charge is 0.387 e. The van der Waals surface area contributed by atoms with Crippen LogP contribution in [-0.4, -0.2) is 59.3 Å². The molecule has 190 valence electrons. The van der Waals surface area contributed by atoms with Crippen molar-refractivity contribution in [3.8, 4) is 0 Å². The second-order valence-corrected chi connectivity index (χ2v) is 10.4. The number of thiophene rings is 1. The van der Waals surface area contributed by atoms with Crippen LogP contribution in [0.15, 0.2) is 16.6 Å². The van der Waals surface area contributed by atoms with Crippen LogP contribution >= 0.6 is 11.3 Å². The fourth-order valence-corrected chi connectivity index (χ4v) is 4.49. The van der Waals surface area contributed by atoms with E-state index in [0.29, 0.717) is 37.5 Å². The van der Waals surface area contributed by atoms with Crippen molar-refractivity contribution in [2.24, 2.45) is 10.7 Å². The zero-order chi connectivity index (χ0) is 25.3. The molecule has 1 aromatic rings. The highest BCUT2D eigenvalue weighted by Gasteiger charge is 2.22. The monoisotopic (exact) mass is 493 g/mol. The normalized spacial score (nSPS) is 14.5. The van der Waals surface area contributed by atoms with Gasteiger partial charge in [0.1, 0.15) is 5.84 Å². The first kappa shape index (κ1) is 28.0. The van der Waals surface area contributed by atoms with Crippen LogP contribution in [0, 0.1) is 0 Å². The number of amides is 2. The molecule has 2 rings (SSSR count). The van der Waals surface area contributed by atoms with E-state index in [0.717, 1.165) is 28.3 Å². The van der Waals surface area contributed by atoms with Crippen molar-refractivity contribution in [2.75, 3.05) is 19.6 Å². The van der Waals surface area contributed by atoms with Crippen molar-refractivity contribution in [2.45, 2.75) is 78.9 Å². The van der Waals surface area contributed by atoms with E-state index < -0.39 is 12.0 Å². The molecule has 9 nitrogen and oxygen atoms in total. The zero-order valence-electron chi connectivity index (χ0n) is 20.9. The Hall–Kier alpha value is -2.27. The fourth-order valence-electron chi connectivity index (χ4n) is 3.48. The third-order valence-electron chi connectivity index (χ3n) is 4.88. The number of amidine groups is 1. The Morgan fingerprint density at radius 2 is 1.97 bits per heavy atom. The number of carbonyl (C=O) groups is 2. The third-order valence-corrected chi connectivity index (χ3v) is 5.95. The number of nitrogens with two attached hydrogens (primary N) is 1. The second kappa shape index (κ2) is 13.0. The number of carbonyl (C=O) groups excluding carboxylic acids is 2. The number of nitrogens with zero attached hydrogens (tertiary/aromatic N) is 2. The molecule has 0 aliphatic carbocycles. The topological polar surface area (TPSA) is 129 Å². The standard InChI is InChI=1S/C24H39N5O4S/c1-6-10-29(11-7-2)22(31)16-12-19-18(28-20(25)13-16)14-17(34-19)15-27-21(30)8-9-26-23(32)33-24(3,4)5/h12,14,23,26,32H,6-11,13,15H2,1-5H3,(H2,25,28)(H,27,30). The number of rotatable bonds is 12. The van der Waals surface area contributed by atoms with Crippen molar-refractivity contribution in [3.05, 3.63) is 21.4 Å². The number of nitrogens with one attached hydrogen (secondary N) is 2. The van der Waals surface area contributed by atoms with Gasteiger partial charge >= 0.3 is 0 Å². The molecule has 0 spiro atoms. The first-order chi connectivity index (χ1) is 16.0. The van der Waals surface area contributed by atoms with Crippen LogP contribution < -0.4 is 16.4 Å². The molecule has 5 N–H and O–H groups in total. The number of aliphatic imine (C=N–C) groups is 1. The molecule has 0 fully saturated rings. The Labute approximate surface area is 206 Å². The number of aliphatic hydroxyl groups excluding tert-OH is 1. The van der Waals surface area contributed by atoms with Gasteiger partial charge in [0.15, 0.2) is 0 Å². The molecule has 0 saturated heterocycles. The van der Waals surface area contributed by atoms with Crippen molar-refractivity contribution in [3.63, 3.8) is 0 Å². The minimum Gasteiger partial charge on any atom is -0.387 e. The van der Waals surface area contributed by atoms with Gasteiger partial charge in [0.05, 0.1) is 22.7 Å².